The van der Waals surface area contributed by atoms with Crippen LogP contribution in [0.2, 0.25) is 0 Å². The van der Waals surface area contributed by atoms with Gasteiger partial charge in [0.05, 0.1) is 17.7 Å². The average molecular weight is 425 g/mol. The van der Waals surface area contributed by atoms with E-state index in [1.807, 2.05) is 42.6 Å². The molecule has 1 aliphatic rings. The van der Waals surface area contributed by atoms with Crippen LogP contribution in [0.15, 0.2) is 63.1 Å². The molecule has 8 nitrogen and oxygen atoms in total. The molecule has 3 N–H and O–H groups in total. The van der Waals surface area contributed by atoms with Gasteiger partial charge < -0.3 is 25.3 Å². The van der Waals surface area contributed by atoms with Crippen LogP contribution in [0.4, 0.5) is 11.6 Å². The van der Waals surface area contributed by atoms with Crippen LogP contribution in [-0.2, 0) is 4.79 Å². The second-order valence-corrected chi connectivity index (χ2v) is 8.15. The maximum atomic E-state index is 11.6. The summed E-state index contributed by atoms with van der Waals surface area (Å²) in [6, 6.07) is 11.3. The number of hydrogen-bond donors (Lipinski definition) is 2. The number of nitrogens with zero attached hydrogens (tertiary/aromatic N) is 4. The first-order chi connectivity index (χ1) is 14.6. The summed E-state index contributed by atoms with van der Waals surface area (Å²) >= 11 is 1.52. The molecule has 3 aromatic rings. The zero-order valence-electron chi connectivity index (χ0n) is 16.7. The van der Waals surface area contributed by atoms with E-state index in [1.54, 1.807) is 6.26 Å². The van der Waals surface area contributed by atoms with E-state index in [9.17, 15) is 4.79 Å². The van der Waals surface area contributed by atoms with Gasteiger partial charge in [0.1, 0.15) is 5.69 Å². The number of rotatable bonds is 6. The van der Waals surface area contributed by atoms with Crippen LogP contribution >= 0.6 is 11.8 Å². The SMILES string of the molecule is CN1CCN(c2ncc(Sc3cccc(NC(=O)CN)c3)c(-c3ccco3)n2)CC1. The van der Waals surface area contributed by atoms with Crippen molar-refractivity contribution in [2.75, 3.05) is 50.0 Å². The minimum absolute atomic E-state index is 0.0540. The molecule has 0 unspecified atom stereocenters. The average Bonchev–Trinajstić information content (AvgIpc) is 3.29. The van der Waals surface area contributed by atoms with Gasteiger partial charge in [0.25, 0.3) is 0 Å². The maximum absolute atomic E-state index is 11.6. The molecule has 156 valence electrons. The minimum atomic E-state index is -0.228. The van der Waals surface area contributed by atoms with Crippen molar-refractivity contribution >= 4 is 29.3 Å². The predicted octanol–water partition coefficient (Wildman–Crippen LogP) is 2.54. The Morgan fingerprint density at radius 1 is 1.23 bits per heavy atom. The fourth-order valence-electron chi connectivity index (χ4n) is 3.16. The molecule has 0 bridgehead atoms. The van der Waals surface area contributed by atoms with E-state index in [2.05, 4.69) is 27.1 Å². The molecule has 9 heteroatoms. The Balaban J connectivity index is 1.61. The fraction of sp³-hybridized carbons (Fsp3) is 0.286. The van der Waals surface area contributed by atoms with Gasteiger partial charge in [0.2, 0.25) is 11.9 Å². The van der Waals surface area contributed by atoms with Gasteiger partial charge in [-0.05, 0) is 37.4 Å². The highest BCUT2D eigenvalue weighted by molar-refractivity contribution is 7.99. The van der Waals surface area contributed by atoms with E-state index >= 15 is 0 Å². The largest absolute Gasteiger partial charge is 0.463 e. The van der Waals surface area contributed by atoms with Gasteiger partial charge in [-0.2, -0.15) is 0 Å². The first-order valence-electron chi connectivity index (χ1n) is 9.74. The first kappa shape index (κ1) is 20.4. The lowest BCUT2D eigenvalue weighted by atomic mass is 10.3. The molecule has 30 heavy (non-hydrogen) atoms. The van der Waals surface area contributed by atoms with Crippen molar-refractivity contribution in [1.82, 2.24) is 14.9 Å². The summed E-state index contributed by atoms with van der Waals surface area (Å²) in [5, 5.41) is 2.78. The van der Waals surface area contributed by atoms with Crippen molar-refractivity contribution in [2.45, 2.75) is 9.79 Å². The van der Waals surface area contributed by atoms with Crippen LogP contribution in [0.25, 0.3) is 11.5 Å². The van der Waals surface area contributed by atoms with E-state index in [-0.39, 0.29) is 12.5 Å². The summed E-state index contributed by atoms with van der Waals surface area (Å²) in [5.41, 5.74) is 6.84. The van der Waals surface area contributed by atoms with Gasteiger partial charge in [-0.15, -0.1) is 0 Å². The van der Waals surface area contributed by atoms with Crippen LogP contribution in [0, 0.1) is 0 Å². The Kier molecular flexibility index (Phi) is 6.32. The number of nitrogens with one attached hydrogen (secondary N) is 1. The van der Waals surface area contributed by atoms with Crippen molar-refractivity contribution in [1.29, 1.82) is 0 Å². The van der Waals surface area contributed by atoms with Gasteiger partial charge in [-0.25, -0.2) is 9.97 Å². The third-order valence-corrected chi connectivity index (χ3v) is 5.82. The van der Waals surface area contributed by atoms with Gasteiger partial charge >= 0.3 is 0 Å². The summed E-state index contributed by atoms with van der Waals surface area (Å²) in [4.78, 5) is 27.4. The molecule has 1 aromatic carbocycles. The van der Waals surface area contributed by atoms with Crippen LogP contribution in [0.5, 0.6) is 0 Å². The van der Waals surface area contributed by atoms with Gasteiger partial charge in [0, 0.05) is 43.0 Å². The number of hydrogen-bond acceptors (Lipinski definition) is 8. The highest BCUT2D eigenvalue weighted by Gasteiger charge is 2.20. The highest BCUT2D eigenvalue weighted by Crippen LogP contribution is 2.36. The quantitative estimate of drug-likeness (QED) is 0.623. The van der Waals surface area contributed by atoms with Crippen LogP contribution in [-0.4, -0.2) is 60.5 Å². The Hall–Kier alpha value is -2.88. The Bertz CT molecular complexity index is 1000. The standard InChI is InChI=1S/C21H24N6O2S/c1-26-7-9-27(10-8-26)21-23-14-18(20(25-21)17-6-3-11-29-17)30-16-5-2-4-15(12-16)24-19(28)13-22/h2-6,11-12,14H,7-10,13,22H2,1H3,(H,24,28). The van der Waals surface area contributed by atoms with E-state index < -0.39 is 0 Å². The van der Waals surface area contributed by atoms with Crippen molar-refractivity contribution in [3.05, 3.63) is 48.9 Å². The molecule has 2 aromatic heterocycles. The molecule has 3 heterocycles. The monoisotopic (exact) mass is 424 g/mol. The maximum Gasteiger partial charge on any atom is 0.238 e. The Morgan fingerprint density at radius 2 is 2.07 bits per heavy atom. The number of amides is 1. The Labute approximate surface area is 179 Å². The number of aromatic nitrogens is 2. The molecular weight excluding hydrogens is 400 g/mol. The van der Waals surface area contributed by atoms with Gasteiger partial charge in [-0.1, -0.05) is 17.8 Å². The minimum Gasteiger partial charge on any atom is -0.463 e. The third-order valence-electron chi connectivity index (χ3n) is 4.81. The van der Waals surface area contributed by atoms with Crippen LogP contribution < -0.4 is 16.0 Å². The summed E-state index contributed by atoms with van der Waals surface area (Å²) < 4.78 is 5.65. The van der Waals surface area contributed by atoms with Crippen LogP contribution in [0.3, 0.4) is 0 Å². The number of piperazine rings is 1. The molecule has 1 amide bonds. The number of benzene rings is 1. The molecule has 4 rings (SSSR count). The van der Waals surface area contributed by atoms with E-state index in [0.29, 0.717) is 17.4 Å². The van der Waals surface area contributed by atoms with Crippen molar-refractivity contribution in [2.24, 2.45) is 5.73 Å². The number of likely N-dealkylation sites (N-methyl/N-ethyl adjacent to an activating group) is 1. The van der Waals surface area contributed by atoms with Crippen molar-refractivity contribution < 1.29 is 9.21 Å². The lowest BCUT2D eigenvalue weighted by Crippen LogP contribution is -2.45. The third kappa shape index (κ3) is 4.81. The molecule has 0 atom stereocenters. The second kappa shape index (κ2) is 9.29. The van der Waals surface area contributed by atoms with Gasteiger partial charge in [0.15, 0.2) is 5.76 Å². The smallest absolute Gasteiger partial charge is 0.238 e. The predicted molar refractivity (Wildman–Crippen MR) is 118 cm³/mol. The molecule has 0 radical (unpaired) electrons. The summed E-state index contributed by atoms with van der Waals surface area (Å²) in [6.45, 7) is 3.70. The number of carbonyl (C=O) groups excluding carboxylic acids is 1. The topological polar surface area (TPSA) is 101 Å². The lowest BCUT2D eigenvalue weighted by Gasteiger charge is -2.32. The van der Waals surface area contributed by atoms with Crippen LogP contribution in [0.1, 0.15) is 0 Å². The van der Waals surface area contributed by atoms with Crippen molar-refractivity contribution in [3.8, 4) is 11.5 Å². The molecule has 1 fully saturated rings. The molecular formula is C21H24N6O2S. The zero-order valence-corrected chi connectivity index (χ0v) is 17.6. The van der Waals surface area contributed by atoms with E-state index in [0.717, 1.165) is 41.7 Å². The second-order valence-electron chi connectivity index (χ2n) is 7.03. The summed E-state index contributed by atoms with van der Waals surface area (Å²) in [7, 11) is 2.12. The molecule has 1 saturated heterocycles. The van der Waals surface area contributed by atoms with E-state index in [4.69, 9.17) is 15.1 Å². The highest BCUT2D eigenvalue weighted by atomic mass is 32.2. The molecule has 1 aliphatic heterocycles. The summed E-state index contributed by atoms with van der Waals surface area (Å²) in [5.74, 6) is 1.18. The number of carbonyl (C=O) groups is 1. The normalized spacial score (nSPS) is 14.7. The molecule has 0 saturated carbocycles. The molecule has 0 spiro atoms. The lowest BCUT2D eigenvalue weighted by molar-refractivity contribution is -0.114. The number of nitrogens with two attached hydrogens (primary N) is 1. The zero-order chi connectivity index (χ0) is 20.9. The van der Waals surface area contributed by atoms with E-state index in [1.165, 1.54) is 11.8 Å². The first-order valence-corrected chi connectivity index (χ1v) is 10.6. The number of furan rings is 1. The van der Waals surface area contributed by atoms with Gasteiger partial charge in [-0.3, -0.25) is 4.79 Å². The number of anilines is 2. The Morgan fingerprint density at radius 3 is 2.80 bits per heavy atom. The fourth-order valence-corrected chi connectivity index (χ4v) is 4.10. The molecule has 0 aliphatic carbocycles. The van der Waals surface area contributed by atoms with Crippen molar-refractivity contribution in [3.63, 3.8) is 0 Å². The summed E-state index contributed by atoms with van der Waals surface area (Å²) in [6.07, 6.45) is 3.48.